The number of hydrogen-bond donors (Lipinski definition) is 1. The minimum Gasteiger partial charge on any atom is -0.316 e. The Morgan fingerprint density at radius 3 is 2.45 bits per heavy atom. The fraction of sp³-hybridized carbons (Fsp3) is 1.00. The van der Waals surface area contributed by atoms with Gasteiger partial charge in [-0.15, -0.1) is 0 Å². The Labute approximate surface area is 69.6 Å². The molecule has 1 saturated heterocycles. The van der Waals surface area contributed by atoms with Gasteiger partial charge in [-0.2, -0.15) is 0 Å². The van der Waals surface area contributed by atoms with Crippen molar-refractivity contribution in [1.29, 1.82) is 0 Å². The maximum atomic E-state index is 3.49. The number of fused-ring (bicyclic) bond motifs is 1. The third kappa shape index (κ3) is 1.10. The van der Waals surface area contributed by atoms with E-state index < -0.39 is 0 Å². The lowest BCUT2D eigenvalue weighted by atomic mass is 9.57. The highest BCUT2D eigenvalue weighted by molar-refractivity contribution is 4.99. The van der Waals surface area contributed by atoms with Crippen LogP contribution >= 0.6 is 0 Å². The maximum absolute atomic E-state index is 3.49. The van der Waals surface area contributed by atoms with Gasteiger partial charge < -0.3 is 5.32 Å². The van der Waals surface area contributed by atoms with Crippen molar-refractivity contribution in [3.05, 3.63) is 0 Å². The summed E-state index contributed by atoms with van der Waals surface area (Å²) in [4.78, 5) is 0. The largest absolute Gasteiger partial charge is 0.316 e. The predicted octanol–water partition coefficient (Wildman–Crippen LogP) is 1.89. The fourth-order valence-corrected chi connectivity index (χ4v) is 2.78. The summed E-state index contributed by atoms with van der Waals surface area (Å²) in [6.45, 7) is 9.72. The fourth-order valence-electron chi connectivity index (χ4n) is 2.78. The lowest BCUT2D eigenvalue weighted by Crippen LogP contribution is -2.43. The molecule has 1 saturated carbocycles. The molecule has 0 aromatic carbocycles. The maximum Gasteiger partial charge on any atom is -0.00144 e. The van der Waals surface area contributed by atoms with Gasteiger partial charge in [0.25, 0.3) is 0 Å². The van der Waals surface area contributed by atoms with Gasteiger partial charge in [0.1, 0.15) is 0 Å². The first kappa shape index (κ1) is 7.60. The van der Waals surface area contributed by atoms with Crippen LogP contribution in [0.25, 0.3) is 0 Å². The van der Waals surface area contributed by atoms with Gasteiger partial charge in [-0.3, -0.25) is 0 Å². The topological polar surface area (TPSA) is 12.0 Å². The third-order valence-electron chi connectivity index (χ3n) is 3.58. The summed E-state index contributed by atoms with van der Waals surface area (Å²) < 4.78 is 0. The second-order valence-corrected chi connectivity index (χ2v) is 5.29. The first-order valence-corrected chi connectivity index (χ1v) is 4.80. The molecule has 3 unspecified atom stereocenters. The zero-order chi connectivity index (χ0) is 8.06. The third-order valence-corrected chi connectivity index (χ3v) is 3.58. The van der Waals surface area contributed by atoms with Crippen molar-refractivity contribution in [2.75, 3.05) is 13.1 Å². The standard InChI is InChI=1S/C10H19N/c1-10(2,3)9-4-7-5-11-6-8(7)9/h7-9,11H,4-6H2,1-3H3. The van der Waals surface area contributed by atoms with E-state index in [9.17, 15) is 0 Å². The number of rotatable bonds is 0. The van der Waals surface area contributed by atoms with Crippen molar-refractivity contribution >= 4 is 0 Å². The van der Waals surface area contributed by atoms with Crippen molar-refractivity contribution < 1.29 is 0 Å². The Balaban J connectivity index is 2.00. The summed E-state index contributed by atoms with van der Waals surface area (Å²) >= 11 is 0. The van der Waals surface area contributed by atoms with Crippen LogP contribution in [0.1, 0.15) is 27.2 Å². The van der Waals surface area contributed by atoms with Crippen molar-refractivity contribution in [3.63, 3.8) is 0 Å². The first-order chi connectivity index (χ1) is 5.09. The summed E-state index contributed by atoms with van der Waals surface area (Å²) in [7, 11) is 0. The van der Waals surface area contributed by atoms with Crippen molar-refractivity contribution in [2.45, 2.75) is 27.2 Å². The summed E-state index contributed by atoms with van der Waals surface area (Å²) in [6.07, 6.45) is 1.47. The van der Waals surface area contributed by atoms with E-state index in [0.29, 0.717) is 5.41 Å². The van der Waals surface area contributed by atoms with Crippen LogP contribution in [0.5, 0.6) is 0 Å². The quantitative estimate of drug-likeness (QED) is 0.560. The van der Waals surface area contributed by atoms with Crippen LogP contribution in [0.2, 0.25) is 0 Å². The summed E-state index contributed by atoms with van der Waals surface area (Å²) in [6, 6.07) is 0. The highest BCUT2D eigenvalue weighted by atomic mass is 14.9. The molecular formula is C10H19N. The van der Waals surface area contributed by atoms with Gasteiger partial charge in [0, 0.05) is 0 Å². The molecule has 3 atom stereocenters. The molecule has 0 radical (unpaired) electrons. The molecule has 1 aliphatic heterocycles. The normalized spacial score (nSPS) is 43.4. The molecule has 0 aromatic heterocycles. The molecule has 1 aliphatic carbocycles. The van der Waals surface area contributed by atoms with E-state index in [4.69, 9.17) is 0 Å². The van der Waals surface area contributed by atoms with Gasteiger partial charge >= 0.3 is 0 Å². The molecule has 0 aromatic rings. The van der Waals surface area contributed by atoms with Crippen molar-refractivity contribution in [3.8, 4) is 0 Å². The second kappa shape index (κ2) is 2.22. The van der Waals surface area contributed by atoms with Gasteiger partial charge in [-0.25, -0.2) is 0 Å². The van der Waals surface area contributed by atoms with Crippen LogP contribution in [-0.2, 0) is 0 Å². The molecule has 64 valence electrons. The second-order valence-electron chi connectivity index (χ2n) is 5.29. The van der Waals surface area contributed by atoms with Gasteiger partial charge in [0.05, 0.1) is 0 Å². The monoisotopic (exact) mass is 153 g/mol. The number of hydrogen-bond acceptors (Lipinski definition) is 1. The van der Waals surface area contributed by atoms with Crippen LogP contribution in [0, 0.1) is 23.2 Å². The molecule has 0 amide bonds. The van der Waals surface area contributed by atoms with Gasteiger partial charge in [0.15, 0.2) is 0 Å². The summed E-state index contributed by atoms with van der Waals surface area (Å²) in [5.41, 5.74) is 0.549. The summed E-state index contributed by atoms with van der Waals surface area (Å²) in [5.74, 6) is 3.02. The van der Waals surface area contributed by atoms with Gasteiger partial charge in [-0.05, 0) is 42.7 Å². The smallest absolute Gasteiger partial charge is 0.00144 e. The van der Waals surface area contributed by atoms with Crippen LogP contribution < -0.4 is 5.32 Å². The minimum absolute atomic E-state index is 0.549. The zero-order valence-corrected chi connectivity index (χ0v) is 7.85. The molecule has 1 heteroatoms. The van der Waals surface area contributed by atoms with Crippen molar-refractivity contribution in [1.82, 2.24) is 5.32 Å². The highest BCUT2D eigenvalue weighted by Gasteiger charge is 2.48. The van der Waals surface area contributed by atoms with Crippen LogP contribution in [0.4, 0.5) is 0 Å². The van der Waals surface area contributed by atoms with E-state index in [-0.39, 0.29) is 0 Å². The van der Waals surface area contributed by atoms with Crippen LogP contribution in [0.3, 0.4) is 0 Å². The molecule has 1 N–H and O–H groups in total. The van der Waals surface area contributed by atoms with Crippen LogP contribution in [0.15, 0.2) is 0 Å². The Bertz CT molecular complexity index is 157. The molecule has 2 rings (SSSR count). The molecule has 1 heterocycles. The van der Waals surface area contributed by atoms with E-state index >= 15 is 0 Å². The zero-order valence-electron chi connectivity index (χ0n) is 7.85. The van der Waals surface area contributed by atoms with E-state index in [0.717, 1.165) is 17.8 Å². The molecule has 2 aliphatic rings. The molecule has 0 bridgehead atoms. The minimum atomic E-state index is 0.549. The lowest BCUT2D eigenvalue weighted by molar-refractivity contribution is 0.0224. The van der Waals surface area contributed by atoms with Gasteiger partial charge in [-0.1, -0.05) is 20.8 Å². The molecule has 11 heavy (non-hydrogen) atoms. The average Bonchev–Trinajstić information content (AvgIpc) is 2.08. The SMILES string of the molecule is CC(C)(C)C1CC2CNCC21. The van der Waals surface area contributed by atoms with E-state index in [1.165, 1.54) is 19.5 Å². The molecule has 0 spiro atoms. The van der Waals surface area contributed by atoms with E-state index in [1.807, 2.05) is 0 Å². The Hall–Kier alpha value is -0.0400. The predicted molar refractivity (Wildman–Crippen MR) is 47.4 cm³/mol. The Morgan fingerprint density at radius 1 is 1.18 bits per heavy atom. The van der Waals surface area contributed by atoms with E-state index in [1.54, 1.807) is 0 Å². The first-order valence-electron chi connectivity index (χ1n) is 4.80. The highest BCUT2D eigenvalue weighted by Crippen LogP contribution is 2.51. The van der Waals surface area contributed by atoms with Gasteiger partial charge in [0.2, 0.25) is 0 Å². The van der Waals surface area contributed by atoms with Crippen LogP contribution in [-0.4, -0.2) is 13.1 Å². The average molecular weight is 153 g/mol. The molecule has 1 nitrogen and oxygen atoms in total. The Morgan fingerprint density at radius 2 is 1.91 bits per heavy atom. The molecule has 2 fully saturated rings. The van der Waals surface area contributed by atoms with E-state index in [2.05, 4.69) is 26.1 Å². The lowest BCUT2D eigenvalue weighted by Gasteiger charge is -2.47. The van der Waals surface area contributed by atoms with Crippen molar-refractivity contribution in [2.24, 2.45) is 23.2 Å². The molecular weight excluding hydrogens is 134 g/mol. The summed E-state index contributed by atoms with van der Waals surface area (Å²) in [5, 5.41) is 3.49. The number of nitrogens with one attached hydrogen (secondary N) is 1. The Kier molecular flexibility index (Phi) is 1.54.